The maximum atomic E-state index is 2.30. The van der Waals surface area contributed by atoms with Crippen LogP contribution in [0.5, 0.6) is 0 Å². The van der Waals surface area contributed by atoms with E-state index in [4.69, 9.17) is 0 Å². The fourth-order valence-corrected chi connectivity index (χ4v) is 3.29. The molecule has 0 aromatic heterocycles. The van der Waals surface area contributed by atoms with Gasteiger partial charge in [0.2, 0.25) is 0 Å². The van der Waals surface area contributed by atoms with Gasteiger partial charge in [-0.1, -0.05) is 0 Å². The van der Waals surface area contributed by atoms with Crippen molar-refractivity contribution in [3.8, 4) is 0 Å². The van der Waals surface area contributed by atoms with E-state index in [9.17, 15) is 0 Å². The molecule has 0 amide bonds. The van der Waals surface area contributed by atoms with Gasteiger partial charge >= 0.3 is 74.4 Å². The van der Waals surface area contributed by atoms with Crippen molar-refractivity contribution in [3.05, 3.63) is 21.5 Å². The molecule has 12 heavy (non-hydrogen) atoms. The predicted octanol–water partition coefficient (Wildman–Crippen LogP) is 2.28. The summed E-state index contributed by atoms with van der Waals surface area (Å²) in [6, 6.07) is 0. The smallest absolute Gasteiger partial charge is 0.147 e. The maximum absolute atomic E-state index is 2.30. The second kappa shape index (κ2) is 8.50. The van der Waals surface area contributed by atoms with E-state index >= 15 is 0 Å². The van der Waals surface area contributed by atoms with E-state index in [0.717, 1.165) is 0 Å². The monoisotopic (exact) mass is 285 g/mol. The third-order valence-electron chi connectivity index (χ3n) is 1.39. The van der Waals surface area contributed by atoms with Crippen molar-refractivity contribution >= 4 is 24.8 Å². The standard InChI is InChI=1S/C5H5.C3H8N.2ClH.Zr/c1-2-4-5-3-1;1-4(2)3;;;/h1-3H,4H2;1H2,2-3H3;2*1H;. The average molecular weight is 287 g/mol. The SMILES string of the molecule is CN(C)[CH2][Zr][C]1=CC=CC1.Cl.Cl. The van der Waals surface area contributed by atoms with Crippen LogP contribution in [-0.4, -0.2) is 23.2 Å². The van der Waals surface area contributed by atoms with Crippen LogP contribution in [0.15, 0.2) is 21.5 Å². The number of hydrogen-bond acceptors (Lipinski definition) is 1. The largest absolute Gasteiger partial charge is 0.147 e. The first-order valence-electron chi connectivity index (χ1n) is 3.53. The Morgan fingerprint density at radius 1 is 1.42 bits per heavy atom. The van der Waals surface area contributed by atoms with E-state index in [2.05, 4.69) is 37.2 Å². The summed E-state index contributed by atoms with van der Waals surface area (Å²) in [5.74, 6) is 0. The molecular formula is C8H15Cl2NZr. The Balaban J connectivity index is 0. The molecule has 0 saturated heterocycles. The minimum atomic E-state index is -0.194. The van der Waals surface area contributed by atoms with Gasteiger partial charge in [0.15, 0.2) is 0 Å². The van der Waals surface area contributed by atoms with Gasteiger partial charge in [0.05, 0.1) is 0 Å². The summed E-state index contributed by atoms with van der Waals surface area (Å²) >= 11 is -0.194. The van der Waals surface area contributed by atoms with Crippen LogP contribution >= 0.6 is 24.8 Å². The van der Waals surface area contributed by atoms with Crippen LogP contribution < -0.4 is 0 Å². The molecule has 0 aromatic rings. The third-order valence-corrected chi connectivity index (χ3v) is 5.36. The molecule has 0 radical (unpaired) electrons. The first-order valence-corrected chi connectivity index (χ1v) is 6.50. The molecule has 0 bridgehead atoms. The van der Waals surface area contributed by atoms with E-state index in [1.807, 2.05) is 0 Å². The van der Waals surface area contributed by atoms with Crippen molar-refractivity contribution in [1.82, 2.24) is 4.90 Å². The normalized spacial score (nSPS) is 13.4. The second-order valence-electron chi connectivity index (χ2n) is 2.74. The number of halogens is 2. The van der Waals surface area contributed by atoms with E-state index in [1.165, 1.54) is 10.7 Å². The average Bonchev–Trinajstić information content (AvgIpc) is 2.34. The van der Waals surface area contributed by atoms with Gasteiger partial charge in [0, 0.05) is 0 Å². The summed E-state index contributed by atoms with van der Waals surface area (Å²) in [7, 11) is 4.31. The van der Waals surface area contributed by atoms with Gasteiger partial charge in [0.25, 0.3) is 0 Å². The van der Waals surface area contributed by atoms with Crippen LogP contribution in [-0.2, 0) is 23.2 Å². The van der Waals surface area contributed by atoms with Crippen molar-refractivity contribution < 1.29 is 23.2 Å². The molecule has 0 saturated carbocycles. The Hall–Kier alpha value is 0.903. The number of rotatable bonds is 3. The first kappa shape index (κ1) is 15.4. The second-order valence-corrected chi connectivity index (χ2v) is 5.96. The fraction of sp³-hybridized carbons (Fsp3) is 0.500. The van der Waals surface area contributed by atoms with E-state index in [1.54, 1.807) is 3.28 Å². The van der Waals surface area contributed by atoms with Crippen LogP contribution in [0.25, 0.3) is 0 Å². The molecule has 0 unspecified atom stereocenters. The maximum Gasteiger partial charge on any atom is -0.147 e. The molecule has 0 aliphatic heterocycles. The van der Waals surface area contributed by atoms with Crippen LogP contribution in [0.3, 0.4) is 0 Å². The molecule has 0 fully saturated rings. The van der Waals surface area contributed by atoms with Crippen molar-refractivity contribution in [2.45, 2.75) is 6.42 Å². The van der Waals surface area contributed by atoms with Gasteiger partial charge < -0.3 is 0 Å². The summed E-state index contributed by atoms with van der Waals surface area (Å²) in [5, 5.41) is 0. The zero-order chi connectivity index (χ0) is 7.40. The number of allylic oxidation sites excluding steroid dienone is 4. The Morgan fingerprint density at radius 3 is 2.50 bits per heavy atom. The quantitative estimate of drug-likeness (QED) is 0.770. The molecular weight excluding hydrogens is 272 g/mol. The Labute approximate surface area is 98.7 Å². The van der Waals surface area contributed by atoms with Gasteiger partial charge in [0.1, 0.15) is 0 Å². The van der Waals surface area contributed by atoms with Gasteiger partial charge in [-0.3, -0.25) is 0 Å². The number of nitrogens with zero attached hydrogens (tertiary/aromatic N) is 1. The molecule has 1 aliphatic carbocycles. The summed E-state index contributed by atoms with van der Waals surface area (Å²) in [5.41, 5.74) is 0. The molecule has 1 rings (SSSR count). The van der Waals surface area contributed by atoms with Crippen LogP contribution in [0, 0.1) is 0 Å². The van der Waals surface area contributed by atoms with Crippen molar-refractivity contribution in [1.29, 1.82) is 0 Å². The Kier molecular flexibility index (Phi) is 10.9. The summed E-state index contributed by atoms with van der Waals surface area (Å²) < 4.78 is 3.08. The Bertz CT molecular complexity index is 166. The van der Waals surface area contributed by atoms with E-state index < -0.39 is 0 Å². The van der Waals surface area contributed by atoms with Crippen LogP contribution in [0.2, 0.25) is 0 Å². The topological polar surface area (TPSA) is 3.24 Å². The van der Waals surface area contributed by atoms with Crippen LogP contribution in [0.4, 0.5) is 0 Å². The zero-order valence-electron chi connectivity index (χ0n) is 7.41. The molecule has 1 nitrogen and oxygen atoms in total. The van der Waals surface area contributed by atoms with Crippen molar-refractivity contribution in [3.63, 3.8) is 0 Å². The van der Waals surface area contributed by atoms with Gasteiger partial charge in [-0.15, -0.1) is 24.8 Å². The van der Waals surface area contributed by atoms with Gasteiger partial charge in [-0.05, 0) is 0 Å². The fourth-order valence-electron chi connectivity index (χ4n) is 0.838. The molecule has 1 aliphatic rings. The molecule has 0 heterocycles. The van der Waals surface area contributed by atoms with Crippen molar-refractivity contribution in [2.75, 3.05) is 18.3 Å². The summed E-state index contributed by atoms with van der Waals surface area (Å²) in [6.45, 7) is 0. The molecule has 0 aromatic carbocycles. The zero-order valence-corrected chi connectivity index (χ0v) is 11.5. The van der Waals surface area contributed by atoms with Crippen molar-refractivity contribution in [2.24, 2.45) is 0 Å². The number of hydrogen-bond donors (Lipinski definition) is 0. The first-order chi connectivity index (χ1) is 4.79. The minimum Gasteiger partial charge on any atom is -0.147 e. The van der Waals surface area contributed by atoms with Gasteiger partial charge in [-0.25, -0.2) is 0 Å². The van der Waals surface area contributed by atoms with Gasteiger partial charge in [-0.2, -0.15) is 0 Å². The molecule has 4 heteroatoms. The molecule has 70 valence electrons. The van der Waals surface area contributed by atoms with E-state index in [-0.39, 0.29) is 48.0 Å². The summed E-state index contributed by atoms with van der Waals surface area (Å²) in [4.78, 5) is 2.30. The predicted molar refractivity (Wildman–Crippen MR) is 54.9 cm³/mol. The molecule has 0 spiro atoms. The minimum absolute atomic E-state index is 0. The van der Waals surface area contributed by atoms with E-state index in [0.29, 0.717) is 0 Å². The molecule has 0 atom stereocenters. The molecule has 0 N–H and O–H groups in total. The van der Waals surface area contributed by atoms with Crippen LogP contribution in [0.1, 0.15) is 6.42 Å². The Morgan fingerprint density at radius 2 is 2.08 bits per heavy atom. The summed E-state index contributed by atoms with van der Waals surface area (Å²) in [6.07, 6.45) is 7.99. The third kappa shape index (κ3) is 6.42.